The van der Waals surface area contributed by atoms with Crippen molar-refractivity contribution >= 4 is 17.7 Å². The Balaban J connectivity index is 2.23. The molecule has 1 aliphatic carbocycles. The third kappa shape index (κ3) is 2.15. The molecule has 1 aliphatic rings. The summed E-state index contributed by atoms with van der Waals surface area (Å²) < 4.78 is 4.92. The van der Waals surface area contributed by atoms with Crippen LogP contribution >= 0.6 is 11.8 Å². The molecular formula is C14H19NO2S. The van der Waals surface area contributed by atoms with Gasteiger partial charge >= 0.3 is 5.97 Å². The first-order valence-electron chi connectivity index (χ1n) is 6.12. The molecule has 0 saturated heterocycles. The third-order valence-corrected chi connectivity index (χ3v) is 4.65. The topological polar surface area (TPSA) is 52.3 Å². The SMILES string of the molecule is COC(=O)C1(C(N)c2ccc(SC)cc2)CCC1. The van der Waals surface area contributed by atoms with Crippen LogP contribution in [0.2, 0.25) is 0 Å². The number of esters is 1. The zero-order valence-corrected chi connectivity index (χ0v) is 11.6. The van der Waals surface area contributed by atoms with E-state index in [4.69, 9.17) is 10.5 Å². The van der Waals surface area contributed by atoms with Gasteiger partial charge in [0.15, 0.2) is 0 Å². The van der Waals surface area contributed by atoms with Crippen molar-refractivity contribution in [2.45, 2.75) is 30.2 Å². The summed E-state index contributed by atoms with van der Waals surface area (Å²) in [7, 11) is 1.44. The number of hydrogen-bond acceptors (Lipinski definition) is 4. The molecule has 0 spiro atoms. The highest BCUT2D eigenvalue weighted by Crippen LogP contribution is 2.50. The minimum absolute atomic E-state index is 0.171. The second kappa shape index (κ2) is 5.33. The van der Waals surface area contributed by atoms with E-state index in [9.17, 15) is 4.79 Å². The van der Waals surface area contributed by atoms with Gasteiger partial charge in [-0.3, -0.25) is 4.79 Å². The first kappa shape index (κ1) is 13.4. The molecule has 1 aromatic carbocycles. The van der Waals surface area contributed by atoms with E-state index in [0.29, 0.717) is 0 Å². The van der Waals surface area contributed by atoms with Gasteiger partial charge in [0, 0.05) is 10.9 Å². The van der Waals surface area contributed by atoms with Crippen LogP contribution in [0, 0.1) is 5.41 Å². The van der Waals surface area contributed by atoms with E-state index in [2.05, 4.69) is 0 Å². The van der Waals surface area contributed by atoms with Gasteiger partial charge in [0.05, 0.1) is 12.5 Å². The quantitative estimate of drug-likeness (QED) is 0.672. The first-order valence-corrected chi connectivity index (χ1v) is 7.34. The van der Waals surface area contributed by atoms with Gasteiger partial charge < -0.3 is 10.5 Å². The summed E-state index contributed by atoms with van der Waals surface area (Å²) in [6.45, 7) is 0. The van der Waals surface area contributed by atoms with Crippen molar-refractivity contribution in [3.63, 3.8) is 0 Å². The Morgan fingerprint density at radius 3 is 2.39 bits per heavy atom. The number of rotatable bonds is 4. The number of nitrogens with two attached hydrogens (primary N) is 1. The largest absolute Gasteiger partial charge is 0.469 e. The second-order valence-electron chi connectivity index (χ2n) is 4.75. The summed E-state index contributed by atoms with van der Waals surface area (Å²) in [4.78, 5) is 13.1. The van der Waals surface area contributed by atoms with Crippen LogP contribution in [-0.4, -0.2) is 19.3 Å². The molecule has 0 amide bonds. The molecule has 1 atom stereocenters. The third-order valence-electron chi connectivity index (χ3n) is 3.91. The van der Waals surface area contributed by atoms with Crippen LogP contribution in [0.5, 0.6) is 0 Å². The maximum Gasteiger partial charge on any atom is 0.313 e. The Bertz CT molecular complexity index is 426. The fourth-order valence-electron chi connectivity index (χ4n) is 2.53. The van der Waals surface area contributed by atoms with Gasteiger partial charge in [0.25, 0.3) is 0 Å². The highest BCUT2D eigenvalue weighted by atomic mass is 32.2. The maximum atomic E-state index is 11.9. The van der Waals surface area contributed by atoms with E-state index in [1.807, 2.05) is 30.5 Å². The normalized spacial score (nSPS) is 18.8. The molecule has 2 N–H and O–H groups in total. The Morgan fingerprint density at radius 1 is 1.39 bits per heavy atom. The highest BCUT2D eigenvalue weighted by Gasteiger charge is 2.50. The number of carbonyl (C=O) groups is 1. The van der Waals surface area contributed by atoms with E-state index in [-0.39, 0.29) is 12.0 Å². The standard InChI is InChI=1S/C14H19NO2S/c1-17-13(16)14(8-3-9-14)12(15)10-4-6-11(18-2)7-5-10/h4-7,12H,3,8-9,15H2,1-2H3. The number of hydrogen-bond donors (Lipinski definition) is 1. The smallest absolute Gasteiger partial charge is 0.313 e. The van der Waals surface area contributed by atoms with Crippen LogP contribution in [-0.2, 0) is 9.53 Å². The molecule has 3 nitrogen and oxygen atoms in total. The predicted octanol–water partition coefficient (Wildman–Crippen LogP) is 2.75. The van der Waals surface area contributed by atoms with E-state index in [0.717, 1.165) is 24.8 Å². The number of carbonyl (C=O) groups excluding carboxylic acids is 1. The summed E-state index contributed by atoms with van der Waals surface area (Å²) in [5, 5.41) is 0. The molecule has 18 heavy (non-hydrogen) atoms. The van der Waals surface area contributed by atoms with Crippen molar-refractivity contribution in [2.75, 3.05) is 13.4 Å². The summed E-state index contributed by atoms with van der Waals surface area (Å²) in [6.07, 6.45) is 4.73. The number of thioether (sulfide) groups is 1. The van der Waals surface area contributed by atoms with E-state index in [1.54, 1.807) is 11.8 Å². The first-order chi connectivity index (χ1) is 8.64. The van der Waals surface area contributed by atoms with Crippen LogP contribution in [0.1, 0.15) is 30.9 Å². The van der Waals surface area contributed by atoms with Gasteiger partial charge in [0.1, 0.15) is 0 Å². The summed E-state index contributed by atoms with van der Waals surface area (Å²) in [6, 6.07) is 7.85. The van der Waals surface area contributed by atoms with Crippen LogP contribution in [0.25, 0.3) is 0 Å². The van der Waals surface area contributed by atoms with Crippen LogP contribution < -0.4 is 5.73 Å². The zero-order chi connectivity index (χ0) is 13.2. The average Bonchev–Trinajstić information content (AvgIpc) is 2.37. The van der Waals surface area contributed by atoms with E-state index < -0.39 is 5.41 Å². The Labute approximate surface area is 112 Å². The zero-order valence-electron chi connectivity index (χ0n) is 10.8. The van der Waals surface area contributed by atoms with Crippen LogP contribution in [0.4, 0.5) is 0 Å². The molecule has 0 aliphatic heterocycles. The molecule has 0 radical (unpaired) electrons. The van der Waals surface area contributed by atoms with Gasteiger partial charge in [-0.15, -0.1) is 11.8 Å². The molecule has 0 aromatic heterocycles. The number of methoxy groups -OCH3 is 1. The van der Waals surface area contributed by atoms with Gasteiger partial charge in [-0.25, -0.2) is 0 Å². The molecule has 1 unspecified atom stereocenters. The summed E-state index contributed by atoms with van der Waals surface area (Å²) >= 11 is 1.69. The van der Waals surface area contributed by atoms with Gasteiger partial charge in [-0.05, 0) is 36.8 Å². The van der Waals surface area contributed by atoms with Crippen LogP contribution in [0.3, 0.4) is 0 Å². The molecule has 0 heterocycles. The van der Waals surface area contributed by atoms with Crippen molar-refractivity contribution in [1.29, 1.82) is 0 Å². The monoisotopic (exact) mass is 265 g/mol. The van der Waals surface area contributed by atoms with Gasteiger partial charge in [0.2, 0.25) is 0 Å². The van der Waals surface area contributed by atoms with Crippen LogP contribution in [0.15, 0.2) is 29.2 Å². The predicted molar refractivity (Wildman–Crippen MR) is 73.5 cm³/mol. The van der Waals surface area contributed by atoms with Crippen molar-refractivity contribution in [1.82, 2.24) is 0 Å². The molecule has 98 valence electrons. The molecule has 0 bridgehead atoms. The molecular weight excluding hydrogens is 246 g/mol. The lowest BCUT2D eigenvalue weighted by Crippen LogP contribution is -2.47. The Morgan fingerprint density at radius 2 is 2.00 bits per heavy atom. The fourth-order valence-corrected chi connectivity index (χ4v) is 2.94. The lowest BCUT2D eigenvalue weighted by molar-refractivity contribution is -0.160. The summed E-state index contributed by atoms with van der Waals surface area (Å²) in [5.41, 5.74) is 6.80. The maximum absolute atomic E-state index is 11.9. The highest BCUT2D eigenvalue weighted by molar-refractivity contribution is 7.98. The molecule has 1 saturated carbocycles. The molecule has 4 heteroatoms. The van der Waals surface area contributed by atoms with E-state index >= 15 is 0 Å². The minimum atomic E-state index is -0.504. The van der Waals surface area contributed by atoms with Gasteiger partial charge in [-0.1, -0.05) is 18.6 Å². The van der Waals surface area contributed by atoms with Crippen molar-refractivity contribution in [3.05, 3.63) is 29.8 Å². The lowest BCUT2D eigenvalue weighted by Gasteiger charge is -2.43. The summed E-state index contributed by atoms with van der Waals surface area (Å²) in [5.74, 6) is -0.171. The fraction of sp³-hybridized carbons (Fsp3) is 0.500. The van der Waals surface area contributed by atoms with Crippen molar-refractivity contribution in [2.24, 2.45) is 11.1 Å². The van der Waals surface area contributed by atoms with Gasteiger partial charge in [-0.2, -0.15) is 0 Å². The number of ether oxygens (including phenoxy) is 1. The Kier molecular flexibility index (Phi) is 3.97. The average molecular weight is 265 g/mol. The minimum Gasteiger partial charge on any atom is -0.469 e. The number of benzene rings is 1. The lowest BCUT2D eigenvalue weighted by atomic mass is 9.62. The second-order valence-corrected chi connectivity index (χ2v) is 5.63. The van der Waals surface area contributed by atoms with Crippen molar-refractivity contribution < 1.29 is 9.53 Å². The molecule has 2 rings (SSSR count). The van der Waals surface area contributed by atoms with Crippen molar-refractivity contribution in [3.8, 4) is 0 Å². The molecule has 1 aromatic rings. The molecule has 1 fully saturated rings. The Hall–Kier alpha value is -1.00. The van der Waals surface area contributed by atoms with E-state index in [1.165, 1.54) is 12.0 Å².